The van der Waals surface area contributed by atoms with Gasteiger partial charge in [-0.2, -0.15) is 0 Å². The summed E-state index contributed by atoms with van der Waals surface area (Å²) >= 11 is 0. The molecule has 0 radical (unpaired) electrons. The summed E-state index contributed by atoms with van der Waals surface area (Å²) in [5, 5.41) is 0. The smallest absolute Gasteiger partial charge is 0.306 e. The highest BCUT2D eigenvalue weighted by Crippen LogP contribution is 2.42. The van der Waals surface area contributed by atoms with Crippen molar-refractivity contribution in [3.63, 3.8) is 0 Å². The first-order chi connectivity index (χ1) is 14.2. The average molecular weight is 438 g/mol. The van der Waals surface area contributed by atoms with E-state index in [0.29, 0.717) is 48.9 Å². The summed E-state index contributed by atoms with van der Waals surface area (Å²) in [6.07, 6.45) is 7.19. The summed E-state index contributed by atoms with van der Waals surface area (Å²) in [4.78, 5) is 27.2. The van der Waals surface area contributed by atoms with Crippen molar-refractivity contribution in [3.8, 4) is 0 Å². The van der Waals surface area contributed by atoms with E-state index >= 15 is 0 Å². The number of Topliss-reactive ketones (excluding diaryl/α,β-unsaturated/α-hetero) is 1. The zero-order chi connectivity index (χ0) is 23.8. The van der Waals surface area contributed by atoms with Crippen molar-refractivity contribution in [2.24, 2.45) is 23.7 Å². The van der Waals surface area contributed by atoms with Crippen LogP contribution in [-0.2, 0) is 14.3 Å². The lowest BCUT2D eigenvalue weighted by molar-refractivity contribution is -0.147. The van der Waals surface area contributed by atoms with Crippen LogP contribution in [-0.4, -0.2) is 40.9 Å². The number of esters is 1. The van der Waals surface area contributed by atoms with Crippen LogP contribution in [0.2, 0.25) is 0 Å². The van der Waals surface area contributed by atoms with E-state index in [4.69, 9.17) is 4.74 Å². The van der Waals surface area contributed by atoms with Crippen molar-refractivity contribution in [2.45, 2.75) is 125 Å². The van der Waals surface area contributed by atoms with Crippen LogP contribution in [0.4, 0.5) is 0 Å². The quantitative estimate of drug-likeness (QED) is 0.302. The maximum absolute atomic E-state index is 12.5. The van der Waals surface area contributed by atoms with Crippen LogP contribution in [0.1, 0.15) is 114 Å². The van der Waals surface area contributed by atoms with Crippen LogP contribution in [0, 0.1) is 23.7 Å². The van der Waals surface area contributed by atoms with Crippen LogP contribution >= 0.6 is 0 Å². The predicted octanol–water partition coefficient (Wildman–Crippen LogP) is 6.66. The van der Waals surface area contributed by atoms with Crippen LogP contribution < -0.4 is 0 Å². The Morgan fingerprint density at radius 1 is 0.968 bits per heavy atom. The van der Waals surface area contributed by atoms with E-state index in [1.807, 2.05) is 0 Å². The predicted molar refractivity (Wildman–Crippen MR) is 130 cm³/mol. The van der Waals surface area contributed by atoms with Gasteiger partial charge >= 0.3 is 5.97 Å². The maximum atomic E-state index is 12.5. The normalized spacial score (nSPS) is 20.2. The van der Waals surface area contributed by atoms with Crippen molar-refractivity contribution >= 4 is 11.8 Å². The standard InChI is InChI=1S/C27H51NO3/c1-20(2)11-10-12-24(29)17-23-18-26(6,7)28(27(8,9)19-23)13-14-31-25(30)16-22(5)15-21(3)4/h20-23H,10-19H2,1-9H3. The fourth-order valence-corrected chi connectivity index (χ4v) is 5.89. The Hall–Kier alpha value is -0.900. The second-order valence-electron chi connectivity index (χ2n) is 12.2. The Labute approximate surface area is 192 Å². The number of nitrogens with zero attached hydrogens (tertiary/aromatic N) is 1. The Kier molecular flexibility index (Phi) is 11.2. The number of ketones is 1. The molecule has 0 aromatic carbocycles. The van der Waals surface area contributed by atoms with Crippen LogP contribution in [0.3, 0.4) is 0 Å². The molecule has 0 amide bonds. The molecule has 0 aromatic heterocycles. The van der Waals surface area contributed by atoms with E-state index in [-0.39, 0.29) is 17.0 Å². The van der Waals surface area contributed by atoms with Gasteiger partial charge in [0.05, 0.1) is 0 Å². The van der Waals surface area contributed by atoms with Crippen LogP contribution in [0.5, 0.6) is 0 Å². The zero-order valence-electron chi connectivity index (χ0n) is 22.1. The minimum absolute atomic E-state index is 0.0119. The summed E-state index contributed by atoms with van der Waals surface area (Å²) in [5.74, 6) is 2.43. The summed E-state index contributed by atoms with van der Waals surface area (Å²) in [5.41, 5.74) is -0.0239. The molecule has 1 aliphatic heterocycles. The van der Waals surface area contributed by atoms with Crippen LogP contribution in [0.15, 0.2) is 0 Å². The van der Waals surface area contributed by atoms with Gasteiger partial charge < -0.3 is 4.74 Å². The lowest BCUT2D eigenvalue weighted by Crippen LogP contribution is -2.61. The van der Waals surface area contributed by atoms with Crippen molar-refractivity contribution < 1.29 is 14.3 Å². The largest absolute Gasteiger partial charge is 0.464 e. The van der Waals surface area contributed by atoms with E-state index in [9.17, 15) is 9.59 Å². The fourth-order valence-electron chi connectivity index (χ4n) is 5.89. The summed E-state index contributed by atoms with van der Waals surface area (Å²) in [7, 11) is 0. The second-order valence-corrected chi connectivity index (χ2v) is 12.2. The molecule has 1 atom stereocenters. The molecule has 0 N–H and O–H groups in total. The first-order valence-electron chi connectivity index (χ1n) is 12.7. The highest BCUT2D eigenvalue weighted by atomic mass is 16.5. The molecule has 1 unspecified atom stereocenters. The van der Waals surface area contributed by atoms with Crippen LogP contribution in [0.25, 0.3) is 0 Å². The van der Waals surface area contributed by atoms with Gasteiger partial charge in [-0.05, 0) is 77.0 Å². The van der Waals surface area contributed by atoms with E-state index < -0.39 is 0 Å². The molecule has 1 heterocycles. The third-order valence-corrected chi connectivity index (χ3v) is 6.76. The molecule has 182 valence electrons. The number of carbonyl (C=O) groups is 2. The lowest BCUT2D eigenvalue weighted by Gasteiger charge is -2.55. The van der Waals surface area contributed by atoms with E-state index in [1.165, 1.54) is 0 Å². The molecule has 4 nitrogen and oxygen atoms in total. The molecular formula is C27H51NO3. The van der Waals surface area contributed by atoms with Gasteiger partial charge in [0.2, 0.25) is 0 Å². The highest BCUT2D eigenvalue weighted by Gasteiger charge is 2.45. The zero-order valence-corrected chi connectivity index (χ0v) is 22.1. The molecule has 4 heteroatoms. The van der Waals surface area contributed by atoms with Gasteiger partial charge in [-0.25, -0.2) is 0 Å². The van der Waals surface area contributed by atoms with Gasteiger partial charge in [-0.15, -0.1) is 0 Å². The molecule has 0 saturated carbocycles. The average Bonchev–Trinajstić information content (AvgIpc) is 2.54. The monoisotopic (exact) mass is 437 g/mol. The number of hydrogen-bond acceptors (Lipinski definition) is 4. The molecule has 1 saturated heterocycles. The Bertz CT molecular complexity index is 547. The molecule has 0 spiro atoms. The SMILES string of the molecule is CC(C)CCCC(=O)CC1CC(C)(C)N(CCOC(=O)CC(C)CC(C)C)C(C)(C)C1. The fraction of sp³-hybridized carbons (Fsp3) is 0.926. The molecule has 0 bridgehead atoms. The number of hydrogen-bond donors (Lipinski definition) is 0. The highest BCUT2D eigenvalue weighted by molar-refractivity contribution is 5.78. The molecule has 31 heavy (non-hydrogen) atoms. The first kappa shape index (κ1) is 28.1. The molecule has 0 aliphatic carbocycles. The maximum Gasteiger partial charge on any atom is 0.306 e. The number of piperidine rings is 1. The molecule has 1 fully saturated rings. The van der Waals surface area contributed by atoms with Crippen molar-refractivity contribution in [1.82, 2.24) is 4.90 Å². The Morgan fingerprint density at radius 3 is 2.06 bits per heavy atom. The molecule has 0 aromatic rings. The van der Waals surface area contributed by atoms with E-state index in [1.54, 1.807) is 0 Å². The van der Waals surface area contributed by atoms with Gasteiger partial charge in [-0.3, -0.25) is 14.5 Å². The number of likely N-dealkylation sites (tertiary alicyclic amines) is 1. The van der Waals surface area contributed by atoms with Crippen molar-refractivity contribution in [1.29, 1.82) is 0 Å². The number of rotatable bonds is 13. The molecule has 1 aliphatic rings. The van der Waals surface area contributed by atoms with Gasteiger partial charge in [0.1, 0.15) is 12.4 Å². The van der Waals surface area contributed by atoms with Gasteiger partial charge in [0.25, 0.3) is 0 Å². The van der Waals surface area contributed by atoms with Gasteiger partial charge in [0, 0.05) is 36.9 Å². The summed E-state index contributed by atoms with van der Waals surface area (Å²) < 4.78 is 5.60. The molecular weight excluding hydrogens is 386 g/mol. The second kappa shape index (κ2) is 12.4. The summed E-state index contributed by atoms with van der Waals surface area (Å²) in [6, 6.07) is 0. The summed E-state index contributed by atoms with van der Waals surface area (Å²) in [6.45, 7) is 21.2. The van der Waals surface area contributed by atoms with Crippen molar-refractivity contribution in [2.75, 3.05) is 13.2 Å². The van der Waals surface area contributed by atoms with E-state index in [2.05, 4.69) is 67.2 Å². The lowest BCUT2D eigenvalue weighted by atomic mass is 9.72. The third-order valence-electron chi connectivity index (χ3n) is 6.76. The Morgan fingerprint density at radius 2 is 1.55 bits per heavy atom. The van der Waals surface area contributed by atoms with Crippen molar-refractivity contribution in [3.05, 3.63) is 0 Å². The molecule has 1 rings (SSSR count). The Balaban J connectivity index is 2.53. The topological polar surface area (TPSA) is 46.6 Å². The number of carbonyl (C=O) groups excluding carboxylic acids is 2. The third kappa shape index (κ3) is 10.5. The number of ether oxygens (including phenoxy) is 1. The van der Waals surface area contributed by atoms with Gasteiger partial charge in [0.15, 0.2) is 0 Å². The van der Waals surface area contributed by atoms with Gasteiger partial charge in [-0.1, -0.05) is 41.0 Å². The minimum Gasteiger partial charge on any atom is -0.464 e. The van der Waals surface area contributed by atoms with E-state index in [0.717, 1.165) is 45.1 Å². The minimum atomic E-state index is -0.0781. The first-order valence-corrected chi connectivity index (χ1v) is 12.7.